The Kier molecular flexibility index (Phi) is 2.71. The quantitative estimate of drug-likeness (QED) is 0.787. The van der Waals surface area contributed by atoms with Gasteiger partial charge in [-0.3, -0.25) is 9.59 Å². The standard InChI is InChI=1S/C13H14N2O2/c1-4-10(5-2)15-7-9-6-11(16)14-8(3)12(9)13(15)17/h4-6H,1,7H2,2-3H3,(H,14,16)/b10-5+. The number of pyridine rings is 1. The summed E-state index contributed by atoms with van der Waals surface area (Å²) in [6.45, 7) is 7.71. The number of allylic oxidation sites excluding steroid dienone is 2. The molecular formula is C13H14N2O2. The van der Waals surface area contributed by atoms with E-state index in [1.165, 1.54) is 6.07 Å². The van der Waals surface area contributed by atoms with E-state index in [0.717, 1.165) is 11.3 Å². The van der Waals surface area contributed by atoms with Crippen molar-refractivity contribution in [2.24, 2.45) is 0 Å². The van der Waals surface area contributed by atoms with Crippen LogP contribution in [-0.4, -0.2) is 15.8 Å². The second kappa shape index (κ2) is 4.05. The molecule has 1 aromatic heterocycles. The molecule has 4 nitrogen and oxygen atoms in total. The summed E-state index contributed by atoms with van der Waals surface area (Å²) in [7, 11) is 0. The number of aromatic amines is 1. The lowest BCUT2D eigenvalue weighted by atomic mass is 10.1. The second-order valence-electron chi connectivity index (χ2n) is 3.97. The van der Waals surface area contributed by atoms with Gasteiger partial charge in [-0.25, -0.2) is 0 Å². The van der Waals surface area contributed by atoms with Gasteiger partial charge in [-0.2, -0.15) is 0 Å². The molecule has 0 fully saturated rings. The Balaban J connectivity index is 2.53. The third-order valence-electron chi connectivity index (χ3n) is 2.92. The first-order chi connectivity index (χ1) is 8.08. The first-order valence-electron chi connectivity index (χ1n) is 5.42. The summed E-state index contributed by atoms with van der Waals surface area (Å²) >= 11 is 0. The average Bonchev–Trinajstić information content (AvgIpc) is 2.58. The van der Waals surface area contributed by atoms with E-state index >= 15 is 0 Å². The van der Waals surface area contributed by atoms with E-state index in [2.05, 4.69) is 11.6 Å². The van der Waals surface area contributed by atoms with Crippen molar-refractivity contribution in [3.63, 3.8) is 0 Å². The van der Waals surface area contributed by atoms with Crippen LogP contribution in [0.4, 0.5) is 0 Å². The van der Waals surface area contributed by atoms with Crippen LogP contribution in [0.15, 0.2) is 35.3 Å². The zero-order valence-electron chi connectivity index (χ0n) is 9.91. The molecule has 0 saturated heterocycles. The minimum Gasteiger partial charge on any atom is -0.326 e. The number of nitrogens with zero attached hydrogens (tertiary/aromatic N) is 1. The van der Waals surface area contributed by atoms with Crippen molar-refractivity contribution in [2.45, 2.75) is 20.4 Å². The van der Waals surface area contributed by atoms with Crippen molar-refractivity contribution in [2.75, 3.05) is 0 Å². The molecule has 1 aromatic rings. The molecule has 0 bridgehead atoms. The Hall–Kier alpha value is -2.10. The molecule has 1 aliphatic heterocycles. The van der Waals surface area contributed by atoms with Crippen molar-refractivity contribution in [1.29, 1.82) is 0 Å². The van der Waals surface area contributed by atoms with Crippen molar-refractivity contribution in [1.82, 2.24) is 9.88 Å². The lowest BCUT2D eigenvalue weighted by molar-refractivity contribution is 0.0830. The van der Waals surface area contributed by atoms with Gasteiger partial charge >= 0.3 is 0 Å². The van der Waals surface area contributed by atoms with Gasteiger partial charge in [0.15, 0.2) is 0 Å². The molecule has 88 valence electrons. The topological polar surface area (TPSA) is 53.2 Å². The molecule has 0 aromatic carbocycles. The molecule has 1 N–H and O–H groups in total. The van der Waals surface area contributed by atoms with E-state index in [-0.39, 0.29) is 11.5 Å². The lowest BCUT2D eigenvalue weighted by Crippen LogP contribution is -2.22. The van der Waals surface area contributed by atoms with Crippen molar-refractivity contribution < 1.29 is 4.79 Å². The number of aryl methyl sites for hydroxylation is 1. The van der Waals surface area contributed by atoms with Gasteiger partial charge in [-0.15, -0.1) is 0 Å². The smallest absolute Gasteiger partial charge is 0.260 e. The van der Waals surface area contributed by atoms with E-state index in [1.54, 1.807) is 17.9 Å². The molecule has 0 spiro atoms. The number of H-pyrrole nitrogens is 1. The molecule has 0 unspecified atom stereocenters. The zero-order valence-corrected chi connectivity index (χ0v) is 9.91. The van der Waals surface area contributed by atoms with Gasteiger partial charge in [0.05, 0.1) is 12.1 Å². The number of hydrogen-bond donors (Lipinski definition) is 1. The minimum absolute atomic E-state index is 0.0817. The molecule has 0 aliphatic carbocycles. The molecule has 17 heavy (non-hydrogen) atoms. The predicted octanol–water partition coefficient (Wildman–Crippen LogP) is 1.73. The lowest BCUT2D eigenvalue weighted by Gasteiger charge is -2.16. The first-order valence-corrected chi connectivity index (χ1v) is 5.42. The summed E-state index contributed by atoms with van der Waals surface area (Å²) in [4.78, 5) is 27.8. The van der Waals surface area contributed by atoms with Crippen LogP contribution in [0.25, 0.3) is 0 Å². The van der Waals surface area contributed by atoms with Gasteiger partial charge in [0.2, 0.25) is 5.56 Å². The Morgan fingerprint density at radius 3 is 2.82 bits per heavy atom. The molecule has 1 aliphatic rings. The summed E-state index contributed by atoms with van der Waals surface area (Å²) in [5.74, 6) is -0.0817. The van der Waals surface area contributed by atoms with Crippen LogP contribution >= 0.6 is 0 Å². The normalized spacial score (nSPS) is 15.1. The number of rotatable bonds is 2. The van der Waals surface area contributed by atoms with E-state index in [4.69, 9.17) is 0 Å². The highest BCUT2D eigenvalue weighted by molar-refractivity contribution is 6.00. The number of amides is 1. The monoisotopic (exact) mass is 230 g/mol. The van der Waals surface area contributed by atoms with Gasteiger partial charge in [0.1, 0.15) is 0 Å². The summed E-state index contributed by atoms with van der Waals surface area (Å²) in [6, 6.07) is 1.48. The fourth-order valence-corrected chi connectivity index (χ4v) is 2.15. The largest absolute Gasteiger partial charge is 0.326 e. The van der Waals surface area contributed by atoms with Gasteiger partial charge in [0.25, 0.3) is 5.91 Å². The predicted molar refractivity (Wildman–Crippen MR) is 65.6 cm³/mol. The molecular weight excluding hydrogens is 216 g/mol. The van der Waals surface area contributed by atoms with Crippen LogP contribution in [0.2, 0.25) is 0 Å². The van der Waals surface area contributed by atoms with E-state index in [9.17, 15) is 9.59 Å². The Bertz CT molecular complexity index is 582. The number of fused-ring (bicyclic) bond motifs is 1. The molecule has 4 heteroatoms. The maximum absolute atomic E-state index is 12.2. The molecule has 0 atom stereocenters. The zero-order chi connectivity index (χ0) is 12.6. The molecule has 1 amide bonds. The molecule has 2 rings (SSSR count). The first kappa shape index (κ1) is 11.4. The van der Waals surface area contributed by atoms with Gasteiger partial charge < -0.3 is 9.88 Å². The third kappa shape index (κ3) is 1.71. The van der Waals surface area contributed by atoms with E-state index in [0.29, 0.717) is 17.8 Å². The highest BCUT2D eigenvalue weighted by Gasteiger charge is 2.30. The van der Waals surface area contributed by atoms with Gasteiger partial charge in [-0.1, -0.05) is 12.7 Å². The summed E-state index contributed by atoms with van der Waals surface area (Å²) in [5, 5.41) is 0. The number of carbonyl (C=O) groups excluding carboxylic acids is 1. The van der Waals surface area contributed by atoms with E-state index < -0.39 is 0 Å². The van der Waals surface area contributed by atoms with Crippen LogP contribution in [-0.2, 0) is 6.54 Å². The van der Waals surface area contributed by atoms with Gasteiger partial charge in [0, 0.05) is 17.5 Å². The molecule has 2 heterocycles. The molecule has 0 saturated carbocycles. The van der Waals surface area contributed by atoms with Crippen LogP contribution in [0, 0.1) is 6.92 Å². The van der Waals surface area contributed by atoms with Crippen LogP contribution in [0.1, 0.15) is 28.5 Å². The highest BCUT2D eigenvalue weighted by Crippen LogP contribution is 2.26. The maximum atomic E-state index is 12.2. The number of carbonyl (C=O) groups is 1. The van der Waals surface area contributed by atoms with E-state index in [1.807, 2.05) is 13.0 Å². The van der Waals surface area contributed by atoms with Gasteiger partial charge in [-0.05, 0) is 25.5 Å². The van der Waals surface area contributed by atoms with Crippen molar-refractivity contribution in [3.05, 3.63) is 57.7 Å². The van der Waals surface area contributed by atoms with Crippen molar-refractivity contribution in [3.8, 4) is 0 Å². The number of aromatic nitrogens is 1. The Morgan fingerprint density at radius 1 is 1.53 bits per heavy atom. The van der Waals surface area contributed by atoms with Crippen LogP contribution in [0.5, 0.6) is 0 Å². The maximum Gasteiger partial charge on any atom is 0.260 e. The van der Waals surface area contributed by atoms with Crippen LogP contribution < -0.4 is 5.56 Å². The van der Waals surface area contributed by atoms with Crippen LogP contribution in [0.3, 0.4) is 0 Å². The number of hydrogen-bond acceptors (Lipinski definition) is 2. The Labute approximate surface area is 99.3 Å². The average molecular weight is 230 g/mol. The summed E-state index contributed by atoms with van der Waals surface area (Å²) in [5.41, 5.74) is 2.59. The fourth-order valence-electron chi connectivity index (χ4n) is 2.15. The van der Waals surface area contributed by atoms with Crippen molar-refractivity contribution >= 4 is 5.91 Å². The highest BCUT2D eigenvalue weighted by atomic mass is 16.2. The number of nitrogens with one attached hydrogen (secondary N) is 1. The summed E-state index contributed by atoms with van der Waals surface area (Å²) < 4.78 is 0. The fraction of sp³-hybridized carbons (Fsp3) is 0.231. The minimum atomic E-state index is -0.170. The summed E-state index contributed by atoms with van der Waals surface area (Å²) in [6.07, 6.45) is 3.47. The third-order valence-corrected chi connectivity index (χ3v) is 2.92. The second-order valence-corrected chi connectivity index (χ2v) is 3.97. The molecule has 0 radical (unpaired) electrons. The Morgan fingerprint density at radius 2 is 2.24 bits per heavy atom. The SMILES string of the molecule is C=C/C(=C\C)N1Cc2cc(=O)[nH]c(C)c2C1=O.